The van der Waals surface area contributed by atoms with Crippen LogP contribution < -0.4 is 5.46 Å². The van der Waals surface area contributed by atoms with Gasteiger partial charge in [-0.25, -0.2) is 0 Å². The third-order valence-electron chi connectivity index (χ3n) is 3.32. The van der Waals surface area contributed by atoms with Crippen LogP contribution in [0.4, 0.5) is 0 Å². The lowest BCUT2D eigenvalue weighted by Crippen LogP contribution is -2.32. The van der Waals surface area contributed by atoms with Gasteiger partial charge in [0.05, 0.1) is 0 Å². The molecule has 0 aromatic heterocycles. The molecule has 14 heavy (non-hydrogen) atoms. The summed E-state index contributed by atoms with van der Waals surface area (Å²) < 4.78 is 0. The third kappa shape index (κ3) is 2.20. The first-order valence-electron chi connectivity index (χ1n) is 5.84. The molecule has 0 radical (unpaired) electrons. The van der Waals surface area contributed by atoms with E-state index in [0.717, 1.165) is 6.71 Å². The molecule has 74 valence electrons. The van der Waals surface area contributed by atoms with Crippen LogP contribution >= 0.6 is 0 Å². The highest BCUT2D eigenvalue weighted by molar-refractivity contribution is 6.73. The second-order valence-corrected chi connectivity index (χ2v) is 4.76. The Labute approximate surface area is 87.8 Å². The van der Waals surface area contributed by atoms with E-state index in [1.165, 1.54) is 43.0 Å². The maximum absolute atomic E-state index is 2.38. The zero-order valence-corrected chi connectivity index (χ0v) is 9.34. The molecule has 0 N–H and O–H groups in total. The molecular formula is C13H19B. The Bertz CT molecular complexity index is 291. The average Bonchev–Trinajstić information content (AvgIpc) is 2.18. The van der Waals surface area contributed by atoms with Crippen LogP contribution in [0, 0.1) is 13.8 Å². The Morgan fingerprint density at radius 3 is 2.00 bits per heavy atom. The minimum Gasteiger partial charge on any atom is -0.0795 e. The van der Waals surface area contributed by atoms with Gasteiger partial charge in [0.2, 0.25) is 0 Å². The number of rotatable bonds is 1. The van der Waals surface area contributed by atoms with Crippen LogP contribution in [0.25, 0.3) is 0 Å². The first kappa shape index (κ1) is 9.83. The lowest BCUT2D eigenvalue weighted by Gasteiger charge is -2.19. The van der Waals surface area contributed by atoms with E-state index in [-0.39, 0.29) is 0 Å². The highest BCUT2D eigenvalue weighted by atomic mass is 14.0. The molecule has 1 heterocycles. The largest absolute Gasteiger partial charge is 0.175 e. The fourth-order valence-corrected chi connectivity index (χ4v) is 2.68. The number of aryl methyl sites for hydroxylation is 2. The summed E-state index contributed by atoms with van der Waals surface area (Å²) in [5, 5.41) is 0. The van der Waals surface area contributed by atoms with E-state index < -0.39 is 0 Å². The summed E-state index contributed by atoms with van der Waals surface area (Å²) in [6.45, 7) is 5.26. The van der Waals surface area contributed by atoms with Crippen LogP contribution in [0.3, 0.4) is 0 Å². The van der Waals surface area contributed by atoms with Gasteiger partial charge >= 0.3 is 0 Å². The molecule has 1 aliphatic heterocycles. The van der Waals surface area contributed by atoms with Crippen LogP contribution in [0.15, 0.2) is 18.2 Å². The summed E-state index contributed by atoms with van der Waals surface area (Å²) in [7, 11) is 0. The van der Waals surface area contributed by atoms with Crippen molar-refractivity contribution in [3.05, 3.63) is 29.3 Å². The van der Waals surface area contributed by atoms with Crippen LogP contribution in [-0.2, 0) is 0 Å². The Morgan fingerprint density at radius 2 is 1.43 bits per heavy atom. The lowest BCUT2D eigenvalue weighted by molar-refractivity contribution is 0.727. The highest BCUT2D eigenvalue weighted by Crippen LogP contribution is 2.19. The molecule has 0 bridgehead atoms. The number of benzene rings is 1. The molecule has 0 spiro atoms. The quantitative estimate of drug-likeness (QED) is 0.591. The van der Waals surface area contributed by atoms with Crippen molar-refractivity contribution in [3.8, 4) is 0 Å². The monoisotopic (exact) mass is 186 g/mol. The molecular weight excluding hydrogens is 167 g/mol. The van der Waals surface area contributed by atoms with Crippen molar-refractivity contribution in [2.45, 2.75) is 45.8 Å². The van der Waals surface area contributed by atoms with Crippen LogP contribution in [0.5, 0.6) is 0 Å². The van der Waals surface area contributed by atoms with Gasteiger partial charge in [-0.05, 0) is 13.8 Å². The molecule has 0 atom stereocenters. The molecule has 0 aliphatic carbocycles. The summed E-state index contributed by atoms with van der Waals surface area (Å²) in [6.07, 6.45) is 7.11. The van der Waals surface area contributed by atoms with Crippen molar-refractivity contribution in [2.75, 3.05) is 0 Å². The Balaban J connectivity index is 2.21. The predicted octanol–water partition coefficient (Wildman–Crippen LogP) is 3.19. The van der Waals surface area contributed by atoms with Crippen molar-refractivity contribution in [1.82, 2.24) is 0 Å². The predicted molar refractivity (Wildman–Crippen MR) is 64.8 cm³/mol. The van der Waals surface area contributed by atoms with Gasteiger partial charge in [-0.1, -0.05) is 66.7 Å². The van der Waals surface area contributed by atoms with Crippen molar-refractivity contribution in [1.29, 1.82) is 0 Å². The van der Waals surface area contributed by atoms with Gasteiger partial charge in [-0.2, -0.15) is 0 Å². The molecule has 1 aromatic carbocycles. The lowest BCUT2D eigenvalue weighted by atomic mass is 9.37. The molecule has 2 rings (SSSR count). The summed E-state index contributed by atoms with van der Waals surface area (Å²) >= 11 is 0. The normalized spacial score (nSPS) is 17.1. The van der Waals surface area contributed by atoms with E-state index in [0.29, 0.717) is 0 Å². The van der Waals surface area contributed by atoms with Crippen LogP contribution in [0.2, 0.25) is 12.6 Å². The number of hydrogen-bond acceptors (Lipinski definition) is 0. The second-order valence-electron chi connectivity index (χ2n) is 4.76. The van der Waals surface area contributed by atoms with E-state index in [1.807, 2.05) is 0 Å². The first-order valence-corrected chi connectivity index (χ1v) is 5.84. The Morgan fingerprint density at radius 1 is 0.857 bits per heavy atom. The molecule has 0 saturated carbocycles. The maximum Gasteiger partial charge on any atom is 0.175 e. The second kappa shape index (κ2) is 4.21. The van der Waals surface area contributed by atoms with Crippen LogP contribution in [0.1, 0.15) is 30.4 Å². The van der Waals surface area contributed by atoms with Gasteiger partial charge in [0.15, 0.2) is 6.71 Å². The molecule has 0 amide bonds. The molecule has 1 aliphatic rings. The fraction of sp³-hybridized carbons (Fsp3) is 0.538. The standard InChI is InChI=1S/C13H19B/c1-11-8-12(2)10-13(9-11)14-6-4-3-5-7-14/h8-10H,3-7H2,1-2H3. The maximum atomic E-state index is 2.38. The SMILES string of the molecule is Cc1cc(C)cc(B2CCCCC2)c1. The average molecular weight is 186 g/mol. The van der Waals surface area contributed by atoms with Crippen molar-refractivity contribution in [3.63, 3.8) is 0 Å². The van der Waals surface area contributed by atoms with Gasteiger partial charge < -0.3 is 0 Å². The Hall–Kier alpha value is -0.715. The molecule has 1 aromatic rings. The summed E-state index contributed by atoms with van der Waals surface area (Å²) in [4.78, 5) is 0. The van der Waals surface area contributed by atoms with Gasteiger partial charge in [0, 0.05) is 0 Å². The molecule has 0 unspecified atom stereocenters. The van der Waals surface area contributed by atoms with Crippen molar-refractivity contribution in [2.24, 2.45) is 0 Å². The summed E-state index contributed by atoms with van der Waals surface area (Å²) in [5.74, 6) is 0. The van der Waals surface area contributed by atoms with Gasteiger partial charge in [0.25, 0.3) is 0 Å². The van der Waals surface area contributed by atoms with E-state index in [9.17, 15) is 0 Å². The first-order chi connectivity index (χ1) is 6.75. The van der Waals surface area contributed by atoms with Gasteiger partial charge in [0.1, 0.15) is 0 Å². The molecule has 0 nitrogen and oxygen atoms in total. The zero-order chi connectivity index (χ0) is 9.97. The topological polar surface area (TPSA) is 0 Å². The minimum atomic E-state index is 0.849. The van der Waals surface area contributed by atoms with Crippen molar-refractivity contribution >= 4 is 12.2 Å². The smallest absolute Gasteiger partial charge is 0.0795 e. The van der Waals surface area contributed by atoms with Gasteiger partial charge in [-0.15, -0.1) is 0 Å². The summed E-state index contributed by atoms with van der Waals surface area (Å²) in [6, 6.07) is 7.03. The molecule has 1 saturated heterocycles. The minimum absolute atomic E-state index is 0.849. The fourth-order valence-electron chi connectivity index (χ4n) is 2.68. The van der Waals surface area contributed by atoms with E-state index in [4.69, 9.17) is 0 Å². The molecule has 1 fully saturated rings. The number of hydrogen-bond donors (Lipinski definition) is 0. The van der Waals surface area contributed by atoms with Crippen LogP contribution in [-0.4, -0.2) is 6.71 Å². The third-order valence-corrected chi connectivity index (χ3v) is 3.32. The summed E-state index contributed by atoms with van der Waals surface area (Å²) in [5.41, 5.74) is 4.43. The van der Waals surface area contributed by atoms with E-state index in [2.05, 4.69) is 32.0 Å². The van der Waals surface area contributed by atoms with E-state index in [1.54, 1.807) is 5.46 Å². The van der Waals surface area contributed by atoms with E-state index >= 15 is 0 Å². The Kier molecular flexibility index (Phi) is 2.95. The van der Waals surface area contributed by atoms with Gasteiger partial charge in [-0.3, -0.25) is 0 Å². The van der Waals surface area contributed by atoms with Crippen molar-refractivity contribution < 1.29 is 0 Å². The highest BCUT2D eigenvalue weighted by Gasteiger charge is 2.19. The zero-order valence-electron chi connectivity index (χ0n) is 9.34. The molecule has 1 heteroatoms.